The molecule has 0 bridgehead atoms. The number of aliphatic carboxylic acids is 1. The van der Waals surface area contributed by atoms with Crippen LogP contribution in [0.1, 0.15) is 44.7 Å². The lowest BCUT2D eigenvalue weighted by atomic mass is 10.2. The van der Waals surface area contributed by atoms with Crippen LogP contribution in [0.15, 0.2) is 24.4 Å². The summed E-state index contributed by atoms with van der Waals surface area (Å²) in [6, 6.07) is 3.55. The molecule has 0 aromatic carbocycles. The normalized spacial score (nSPS) is 10.8. The molecule has 0 aliphatic rings. The average Bonchev–Trinajstić information content (AvgIpc) is 2.41. The quantitative estimate of drug-likeness (QED) is 0.547. The van der Waals surface area contributed by atoms with Gasteiger partial charge in [-0.05, 0) is 24.6 Å². The summed E-state index contributed by atoms with van der Waals surface area (Å²) in [5.41, 5.74) is 0.609. The van der Waals surface area contributed by atoms with Crippen LogP contribution in [0.2, 0.25) is 0 Å². The van der Waals surface area contributed by atoms with E-state index in [4.69, 9.17) is 9.84 Å². The standard InChI is InChI=1S/C15H21NO3/c1-2-3-4-5-6-11-19-14-9-7-13(16-12-14)8-10-15(17)18/h7-10,12H,2-6,11H2,1H3,(H,17,18). The number of carbonyl (C=O) groups is 1. The van der Waals surface area contributed by atoms with E-state index in [1.54, 1.807) is 18.3 Å². The molecule has 0 spiro atoms. The van der Waals surface area contributed by atoms with E-state index in [0.29, 0.717) is 12.3 Å². The summed E-state index contributed by atoms with van der Waals surface area (Å²) in [6.45, 7) is 2.90. The molecule has 1 rings (SSSR count). The number of carboxylic acid groups (broad SMARTS) is 1. The topological polar surface area (TPSA) is 59.4 Å². The van der Waals surface area contributed by atoms with Crippen molar-refractivity contribution in [3.63, 3.8) is 0 Å². The molecule has 0 amide bonds. The second-order valence-corrected chi connectivity index (χ2v) is 4.35. The molecular weight excluding hydrogens is 242 g/mol. The summed E-state index contributed by atoms with van der Waals surface area (Å²) < 4.78 is 5.56. The van der Waals surface area contributed by atoms with Gasteiger partial charge in [0.15, 0.2) is 0 Å². The molecule has 1 aromatic heterocycles. The summed E-state index contributed by atoms with van der Waals surface area (Å²) in [4.78, 5) is 14.5. The van der Waals surface area contributed by atoms with Gasteiger partial charge in [-0.15, -0.1) is 0 Å². The first-order valence-electron chi connectivity index (χ1n) is 6.72. The first kappa shape index (κ1) is 15.2. The van der Waals surface area contributed by atoms with Crippen molar-refractivity contribution in [2.75, 3.05) is 6.61 Å². The van der Waals surface area contributed by atoms with Crippen molar-refractivity contribution in [1.82, 2.24) is 4.98 Å². The second kappa shape index (κ2) is 9.14. The molecule has 0 aliphatic heterocycles. The zero-order valence-corrected chi connectivity index (χ0v) is 11.3. The Kier molecular flexibility index (Phi) is 7.32. The summed E-state index contributed by atoms with van der Waals surface area (Å²) >= 11 is 0. The van der Waals surface area contributed by atoms with E-state index in [1.807, 2.05) is 0 Å². The molecule has 0 saturated heterocycles. The lowest BCUT2D eigenvalue weighted by Crippen LogP contribution is -1.98. The molecule has 0 fully saturated rings. The zero-order chi connectivity index (χ0) is 13.9. The minimum Gasteiger partial charge on any atom is -0.492 e. The zero-order valence-electron chi connectivity index (χ0n) is 11.3. The highest BCUT2D eigenvalue weighted by atomic mass is 16.5. The fourth-order valence-corrected chi connectivity index (χ4v) is 1.63. The Morgan fingerprint density at radius 2 is 2.11 bits per heavy atom. The predicted molar refractivity (Wildman–Crippen MR) is 75.2 cm³/mol. The highest BCUT2D eigenvalue weighted by molar-refractivity contribution is 5.84. The highest BCUT2D eigenvalue weighted by Gasteiger charge is 1.96. The van der Waals surface area contributed by atoms with E-state index in [-0.39, 0.29) is 0 Å². The van der Waals surface area contributed by atoms with Gasteiger partial charge < -0.3 is 9.84 Å². The Morgan fingerprint density at radius 1 is 1.32 bits per heavy atom. The van der Waals surface area contributed by atoms with Crippen molar-refractivity contribution in [1.29, 1.82) is 0 Å². The maximum Gasteiger partial charge on any atom is 0.328 e. The number of pyridine rings is 1. The third-order valence-corrected chi connectivity index (χ3v) is 2.67. The minimum atomic E-state index is -0.978. The largest absolute Gasteiger partial charge is 0.492 e. The Balaban J connectivity index is 2.26. The van der Waals surface area contributed by atoms with Crippen LogP contribution >= 0.6 is 0 Å². The molecule has 104 valence electrons. The number of rotatable bonds is 9. The molecule has 1 heterocycles. The maximum atomic E-state index is 10.3. The van der Waals surface area contributed by atoms with E-state index < -0.39 is 5.97 Å². The number of aromatic nitrogens is 1. The van der Waals surface area contributed by atoms with E-state index in [9.17, 15) is 4.79 Å². The van der Waals surface area contributed by atoms with Gasteiger partial charge in [0.25, 0.3) is 0 Å². The van der Waals surface area contributed by atoms with Crippen molar-refractivity contribution in [3.05, 3.63) is 30.1 Å². The van der Waals surface area contributed by atoms with Crippen LogP contribution in [0, 0.1) is 0 Å². The molecule has 0 unspecified atom stereocenters. The average molecular weight is 263 g/mol. The van der Waals surface area contributed by atoms with Gasteiger partial charge in [-0.1, -0.05) is 32.6 Å². The van der Waals surface area contributed by atoms with E-state index in [1.165, 1.54) is 31.8 Å². The molecule has 1 aromatic rings. The van der Waals surface area contributed by atoms with Gasteiger partial charge in [-0.2, -0.15) is 0 Å². The molecule has 19 heavy (non-hydrogen) atoms. The van der Waals surface area contributed by atoms with Crippen LogP contribution in [0.25, 0.3) is 6.08 Å². The SMILES string of the molecule is CCCCCCCOc1ccc(C=CC(=O)O)nc1. The number of carboxylic acids is 1. The van der Waals surface area contributed by atoms with Crippen LogP contribution in [0.5, 0.6) is 5.75 Å². The Labute approximate surface area is 114 Å². The first-order valence-corrected chi connectivity index (χ1v) is 6.72. The van der Waals surface area contributed by atoms with Gasteiger partial charge in [0, 0.05) is 6.08 Å². The van der Waals surface area contributed by atoms with Crippen molar-refractivity contribution < 1.29 is 14.6 Å². The first-order chi connectivity index (χ1) is 9.22. The Hall–Kier alpha value is -1.84. The molecule has 0 saturated carbocycles. The van der Waals surface area contributed by atoms with Crippen molar-refractivity contribution in [2.24, 2.45) is 0 Å². The van der Waals surface area contributed by atoms with Crippen molar-refractivity contribution >= 4 is 12.0 Å². The van der Waals surface area contributed by atoms with Crippen LogP contribution in [-0.4, -0.2) is 22.7 Å². The number of unbranched alkanes of at least 4 members (excludes halogenated alkanes) is 4. The highest BCUT2D eigenvalue weighted by Crippen LogP contribution is 2.11. The molecule has 4 heteroatoms. The van der Waals surface area contributed by atoms with Crippen LogP contribution in [0.4, 0.5) is 0 Å². The van der Waals surface area contributed by atoms with Crippen LogP contribution < -0.4 is 4.74 Å². The third kappa shape index (κ3) is 7.24. The van der Waals surface area contributed by atoms with E-state index in [2.05, 4.69) is 11.9 Å². The number of ether oxygens (including phenoxy) is 1. The fraction of sp³-hybridized carbons (Fsp3) is 0.467. The van der Waals surface area contributed by atoms with Gasteiger partial charge in [-0.25, -0.2) is 4.79 Å². The predicted octanol–water partition coefficient (Wildman–Crippen LogP) is 3.53. The molecule has 0 atom stereocenters. The summed E-state index contributed by atoms with van der Waals surface area (Å²) in [7, 11) is 0. The van der Waals surface area contributed by atoms with E-state index >= 15 is 0 Å². The minimum absolute atomic E-state index is 0.609. The van der Waals surface area contributed by atoms with Gasteiger partial charge >= 0.3 is 5.97 Å². The number of hydrogen-bond acceptors (Lipinski definition) is 3. The number of nitrogens with zero attached hydrogens (tertiary/aromatic N) is 1. The molecule has 1 N–H and O–H groups in total. The lowest BCUT2D eigenvalue weighted by Gasteiger charge is -2.05. The summed E-state index contributed by atoms with van der Waals surface area (Å²) in [5, 5.41) is 8.49. The van der Waals surface area contributed by atoms with Crippen LogP contribution in [-0.2, 0) is 4.79 Å². The maximum absolute atomic E-state index is 10.3. The molecular formula is C15H21NO3. The molecule has 4 nitrogen and oxygen atoms in total. The van der Waals surface area contributed by atoms with Crippen molar-refractivity contribution in [3.8, 4) is 5.75 Å². The third-order valence-electron chi connectivity index (χ3n) is 2.67. The van der Waals surface area contributed by atoms with E-state index in [0.717, 1.165) is 18.2 Å². The Bertz CT molecular complexity index is 398. The van der Waals surface area contributed by atoms with Gasteiger partial charge in [0.2, 0.25) is 0 Å². The molecule has 0 radical (unpaired) electrons. The Morgan fingerprint density at radius 3 is 2.74 bits per heavy atom. The summed E-state index contributed by atoms with van der Waals surface area (Å²) in [6.07, 6.45) is 10.2. The van der Waals surface area contributed by atoms with Gasteiger partial charge in [-0.3, -0.25) is 4.98 Å². The number of hydrogen-bond donors (Lipinski definition) is 1. The summed E-state index contributed by atoms with van der Waals surface area (Å²) in [5.74, 6) is -0.253. The van der Waals surface area contributed by atoms with Crippen LogP contribution in [0.3, 0.4) is 0 Å². The van der Waals surface area contributed by atoms with Crippen molar-refractivity contribution in [2.45, 2.75) is 39.0 Å². The second-order valence-electron chi connectivity index (χ2n) is 4.35. The monoisotopic (exact) mass is 263 g/mol. The molecule has 0 aliphatic carbocycles. The lowest BCUT2D eigenvalue weighted by molar-refractivity contribution is -0.131. The van der Waals surface area contributed by atoms with Gasteiger partial charge in [0.05, 0.1) is 18.5 Å². The van der Waals surface area contributed by atoms with Gasteiger partial charge in [0.1, 0.15) is 5.75 Å². The fourth-order valence-electron chi connectivity index (χ4n) is 1.63. The smallest absolute Gasteiger partial charge is 0.328 e.